The van der Waals surface area contributed by atoms with E-state index in [1.54, 1.807) is 0 Å². The number of hydrogen-bond acceptors (Lipinski definition) is 2. The van der Waals surface area contributed by atoms with Gasteiger partial charge >= 0.3 is 0 Å². The summed E-state index contributed by atoms with van der Waals surface area (Å²) >= 11 is 6.65. The lowest BCUT2D eigenvalue weighted by Crippen LogP contribution is -2.41. The molecule has 3 rings (SSSR count). The summed E-state index contributed by atoms with van der Waals surface area (Å²) in [5.74, 6) is 0.717. The average Bonchev–Trinajstić information content (AvgIpc) is 3.03. The number of benzene rings is 2. The number of rotatable bonds is 22. The highest BCUT2D eigenvalue weighted by Gasteiger charge is 2.21. The van der Waals surface area contributed by atoms with E-state index in [9.17, 15) is 4.79 Å². The van der Waals surface area contributed by atoms with Crippen LogP contribution in [0.2, 0.25) is 5.02 Å². The van der Waals surface area contributed by atoms with E-state index >= 15 is 0 Å². The third kappa shape index (κ3) is 13.1. The minimum atomic E-state index is 0.00126. The zero-order chi connectivity index (χ0) is 30.5. The molecule has 1 heterocycles. The molecule has 43 heavy (non-hydrogen) atoms. The SMILES string of the molecule is CCCCCCCCCCCCCCCCOc1ccc(CN(Cc2cccc[n+]2CC)C(=O)c2ccccc2)cc1Cl. The normalized spacial score (nSPS) is 11.0. The van der Waals surface area contributed by atoms with Crippen LogP contribution in [0.25, 0.3) is 0 Å². The van der Waals surface area contributed by atoms with Crippen LogP contribution in [0, 0.1) is 0 Å². The first-order valence-corrected chi connectivity index (χ1v) is 17.2. The minimum Gasteiger partial charge on any atom is -0.492 e. The van der Waals surface area contributed by atoms with Gasteiger partial charge < -0.3 is 9.64 Å². The van der Waals surface area contributed by atoms with Crippen LogP contribution in [0.1, 0.15) is 125 Å². The highest BCUT2D eigenvalue weighted by Crippen LogP contribution is 2.27. The van der Waals surface area contributed by atoms with Crippen LogP contribution in [0.4, 0.5) is 0 Å². The van der Waals surface area contributed by atoms with Crippen LogP contribution in [-0.2, 0) is 19.6 Å². The molecule has 3 aromatic rings. The number of halogens is 1. The Bertz CT molecular complexity index is 1180. The predicted octanol–water partition coefficient (Wildman–Crippen LogP) is 10.4. The summed E-state index contributed by atoms with van der Waals surface area (Å²) in [4.78, 5) is 15.4. The summed E-state index contributed by atoms with van der Waals surface area (Å²) in [6.07, 6.45) is 20.9. The Hall–Kier alpha value is -2.85. The molecule has 0 spiro atoms. The first kappa shape index (κ1) is 34.6. The van der Waals surface area contributed by atoms with Gasteiger partial charge in [-0.05, 0) is 43.2 Å². The van der Waals surface area contributed by atoms with Crippen molar-refractivity contribution in [2.24, 2.45) is 0 Å². The molecule has 234 valence electrons. The van der Waals surface area contributed by atoms with Crippen LogP contribution in [0.5, 0.6) is 5.75 Å². The van der Waals surface area contributed by atoms with E-state index in [4.69, 9.17) is 16.3 Å². The van der Waals surface area contributed by atoms with Crippen LogP contribution in [-0.4, -0.2) is 17.4 Å². The van der Waals surface area contributed by atoms with Gasteiger partial charge in [-0.15, -0.1) is 0 Å². The molecule has 2 aromatic carbocycles. The number of hydrogen-bond donors (Lipinski definition) is 0. The predicted molar refractivity (Wildman–Crippen MR) is 180 cm³/mol. The fourth-order valence-corrected chi connectivity index (χ4v) is 5.84. The summed E-state index contributed by atoms with van der Waals surface area (Å²) < 4.78 is 8.20. The summed E-state index contributed by atoms with van der Waals surface area (Å²) in [7, 11) is 0. The smallest absolute Gasteiger partial charge is 0.254 e. The fourth-order valence-electron chi connectivity index (χ4n) is 5.58. The maximum Gasteiger partial charge on any atom is 0.254 e. The molecular formula is C38H54ClN2O2+. The molecular weight excluding hydrogens is 552 g/mol. The zero-order valence-electron chi connectivity index (χ0n) is 26.7. The number of ether oxygens (including phenoxy) is 1. The standard InChI is InChI=1S/C38H54ClN2O2/c1-3-5-6-7-8-9-10-11-12-13-14-15-16-22-29-43-37-27-26-33(30-36(37)39)31-41(38(42)34-23-18-17-19-24-34)32-35-25-20-21-28-40(35)4-2/h17-21,23-28,30H,3-16,22,29,31-32H2,1-2H3/q+1. The highest BCUT2D eigenvalue weighted by molar-refractivity contribution is 6.32. The summed E-state index contributed by atoms with van der Waals surface area (Å²) in [5.41, 5.74) is 2.76. The molecule has 1 aromatic heterocycles. The van der Waals surface area contributed by atoms with E-state index in [0.29, 0.717) is 36.0 Å². The molecule has 0 N–H and O–H groups in total. The average molecular weight is 606 g/mol. The van der Waals surface area contributed by atoms with Gasteiger partial charge in [0.15, 0.2) is 6.20 Å². The van der Waals surface area contributed by atoms with Gasteiger partial charge in [-0.2, -0.15) is 0 Å². The van der Waals surface area contributed by atoms with Crippen molar-refractivity contribution < 1.29 is 14.1 Å². The van der Waals surface area contributed by atoms with Crippen molar-refractivity contribution in [1.82, 2.24) is 4.90 Å². The first-order chi connectivity index (χ1) is 21.1. The van der Waals surface area contributed by atoms with Gasteiger partial charge in [-0.1, -0.05) is 132 Å². The molecule has 1 amide bonds. The Labute approximate surface area is 266 Å². The lowest BCUT2D eigenvalue weighted by molar-refractivity contribution is -0.701. The highest BCUT2D eigenvalue weighted by atomic mass is 35.5. The number of carbonyl (C=O) groups excluding carboxylic acids is 1. The van der Waals surface area contributed by atoms with Gasteiger partial charge in [-0.3, -0.25) is 4.79 Å². The van der Waals surface area contributed by atoms with Crippen molar-refractivity contribution in [3.63, 3.8) is 0 Å². The van der Waals surface area contributed by atoms with Crippen molar-refractivity contribution in [1.29, 1.82) is 0 Å². The van der Waals surface area contributed by atoms with Gasteiger partial charge in [0.05, 0.1) is 11.6 Å². The van der Waals surface area contributed by atoms with E-state index in [-0.39, 0.29) is 5.91 Å². The second-order valence-corrected chi connectivity index (χ2v) is 12.1. The number of aryl methyl sites for hydroxylation is 1. The Morgan fingerprint density at radius 1 is 0.721 bits per heavy atom. The van der Waals surface area contributed by atoms with E-state index in [2.05, 4.69) is 30.7 Å². The summed E-state index contributed by atoms with van der Waals surface area (Å²) in [5, 5.41) is 0.596. The monoisotopic (exact) mass is 605 g/mol. The second kappa shape index (κ2) is 21.0. The van der Waals surface area contributed by atoms with Crippen LogP contribution in [0.3, 0.4) is 0 Å². The number of pyridine rings is 1. The lowest BCUT2D eigenvalue weighted by atomic mass is 10.0. The van der Waals surface area contributed by atoms with Crippen molar-refractivity contribution in [3.05, 3.63) is 94.8 Å². The van der Waals surface area contributed by atoms with E-state index in [1.165, 1.54) is 83.5 Å². The molecule has 0 fully saturated rings. The Morgan fingerprint density at radius 2 is 1.33 bits per heavy atom. The first-order valence-electron chi connectivity index (χ1n) is 16.8. The molecule has 0 saturated carbocycles. The van der Waals surface area contributed by atoms with E-state index in [0.717, 1.165) is 24.2 Å². The minimum absolute atomic E-state index is 0.00126. The van der Waals surface area contributed by atoms with Gasteiger partial charge in [0.25, 0.3) is 5.91 Å². The molecule has 0 bridgehead atoms. The second-order valence-electron chi connectivity index (χ2n) is 11.7. The zero-order valence-corrected chi connectivity index (χ0v) is 27.5. The molecule has 0 aliphatic carbocycles. The molecule has 0 aliphatic rings. The molecule has 0 aliphatic heterocycles. The van der Waals surface area contributed by atoms with Gasteiger partial charge in [0.1, 0.15) is 18.8 Å². The molecule has 0 saturated heterocycles. The molecule has 0 radical (unpaired) electrons. The number of unbranched alkanes of at least 4 members (excludes halogenated alkanes) is 13. The molecule has 5 heteroatoms. The number of aromatic nitrogens is 1. The molecule has 4 nitrogen and oxygen atoms in total. The molecule has 0 unspecified atom stereocenters. The third-order valence-electron chi connectivity index (χ3n) is 8.16. The quantitative estimate of drug-likeness (QED) is 0.0843. The van der Waals surface area contributed by atoms with Crippen LogP contribution >= 0.6 is 11.6 Å². The Morgan fingerprint density at radius 3 is 1.93 bits per heavy atom. The third-order valence-corrected chi connectivity index (χ3v) is 8.46. The van der Waals surface area contributed by atoms with E-state index < -0.39 is 0 Å². The largest absolute Gasteiger partial charge is 0.492 e. The number of amides is 1. The Balaban J connectivity index is 1.40. The van der Waals surface area contributed by atoms with Crippen molar-refractivity contribution in [2.75, 3.05) is 6.61 Å². The Kier molecular flexibility index (Phi) is 16.9. The topological polar surface area (TPSA) is 33.4 Å². The van der Waals surface area contributed by atoms with Crippen LogP contribution in [0.15, 0.2) is 72.9 Å². The summed E-state index contributed by atoms with van der Waals surface area (Å²) in [6.45, 7) is 6.90. The lowest BCUT2D eigenvalue weighted by Gasteiger charge is -2.22. The number of carbonyl (C=O) groups is 1. The van der Waals surface area contributed by atoms with Crippen molar-refractivity contribution in [3.8, 4) is 5.75 Å². The maximum absolute atomic E-state index is 13.5. The van der Waals surface area contributed by atoms with Crippen molar-refractivity contribution >= 4 is 17.5 Å². The van der Waals surface area contributed by atoms with E-state index in [1.807, 2.05) is 65.6 Å². The van der Waals surface area contributed by atoms with Gasteiger partial charge in [-0.25, -0.2) is 4.57 Å². The van der Waals surface area contributed by atoms with Crippen LogP contribution < -0.4 is 9.30 Å². The fraction of sp³-hybridized carbons (Fsp3) is 0.526. The summed E-state index contributed by atoms with van der Waals surface area (Å²) in [6, 6.07) is 21.5. The van der Waals surface area contributed by atoms with Gasteiger partial charge in [0.2, 0.25) is 5.69 Å². The number of nitrogens with zero attached hydrogens (tertiary/aromatic N) is 2. The van der Waals surface area contributed by atoms with Gasteiger partial charge in [0, 0.05) is 24.2 Å². The van der Waals surface area contributed by atoms with Crippen molar-refractivity contribution in [2.45, 2.75) is 123 Å². The maximum atomic E-state index is 13.5. The molecule has 0 atom stereocenters.